The zero-order chi connectivity index (χ0) is 30.8. The molecular weight excluding hydrogens is 620 g/mol. The molecule has 0 aromatic heterocycles. The van der Waals surface area contributed by atoms with E-state index in [0.717, 1.165) is 6.08 Å². The Balaban J connectivity index is 1.40. The summed E-state index contributed by atoms with van der Waals surface area (Å²) in [6.07, 6.45) is 3.85. The van der Waals surface area contributed by atoms with Crippen molar-refractivity contribution >= 4 is 57.4 Å². The summed E-state index contributed by atoms with van der Waals surface area (Å²) in [5.74, 6) is -0.926. The summed E-state index contributed by atoms with van der Waals surface area (Å²) in [5, 5.41) is 17.7. The minimum atomic E-state index is -0.722. The van der Waals surface area contributed by atoms with E-state index in [1.165, 1.54) is 43.7 Å². The Morgan fingerprint density at radius 2 is 1.65 bits per heavy atom. The number of non-ortho nitro benzene ring substituents is 1. The number of ether oxygens (including phenoxy) is 2. The number of hydrogen-bond acceptors (Lipinski definition) is 8. The Morgan fingerprint density at radius 1 is 0.907 bits per heavy atom. The van der Waals surface area contributed by atoms with E-state index < -0.39 is 16.8 Å². The van der Waals surface area contributed by atoms with Gasteiger partial charge in [-0.1, -0.05) is 40.2 Å². The van der Waals surface area contributed by atoms with Gasteiger partial charge in [0.05, 0.1) is 18.2 Å². The van der Waals surface area contributed by atoms with Crippen LogP contribution in [0.25, 0.3) is 6.08 Å². The largest absolute Gasteiger partial charge is 0.497 e. The van der Waals surface area contributed by atoms with Crippen LogP contribution >= 0.6 is 15.9 Å². The van der Waals surface area contributed by atoms with Gasteiger partial charge in [-0.15, -0.1) is 0 Å². The van der Waals surface area contributed by atoms with E-state index in [-0.39, 0.29) is 22.9 Å². The number of amides is 2. The number of carbonyl (C=O) groups excluding carboxylic acids is 3. The molecule has 0 fully saturated rings. The summed E-state index contributed by atoms with van der Waals surface area (Å²) >= 11 is 3.35. The van der Waals surface area contributed by atoms with Gasteiger partial charge < -0.3 is 14.8 Å². The van der Waals surface area contributed by atoms with Gasteiger partial charge in [0.25, 0.3) is 17.5 Å². The summed E-state index contributed by atoms with van der Waals surface area (Å²) in [7, 11) is 1.51. The van der Waals surface area contributed by atoms with E-state index in [4.69, 9.17) is 9.47 Å². The van der Waals surface area contributed by atoms with E-state index in [2.05, 4.69) is 31.8 Å². The normalized spacial score (nSPS) is 10.8. The number of esters is 1. The molecule has 0 aliphatic carbocycles. The number of anilines is 1. The smallest absolute Gasteiger partial charge is 0.336 e. The molecule has 0 saturated heterocycles. The van der Waals surface area contributed by atoms with Crippen LogP contribution in [0, 0.1) is 10.1 Å². The lowest BCUT2D eigenvalue weighted by Crippen LogP contribution is -2.18. The Kier molecular flexibility index (Phi) is 10.1. The van der Waals surface area contributed by atoms with Crippen molar-refractivity contribution in [3.8, 4) is 11.5 Å². The molecule has 0 atom stereocenters. The van der Waals surface area contributed by atoms with Crippen molar-refractivity contribution in [3.63, 3.8) is 0 Å². The maximum atomic E-state index is 12.7. The van der Waals surface area contributed by atoms with Gasteiger partial charge in [-0.25, -0.2) is 10.2 Å². The number of nitro groups is 1. The SMILES string of the molecule is COc1cccc(C(=O)Nc2cccc(C(=O)NN=Cc3cc(Br)ccc3OC(=O)/C=C/c3cccc([N+](=O)[O-])c3)c2)c1. The topological polar surface area (TPSA) is 149 Å². The Bertz CT molecular complexity index is 1750. The molecule has 0 radical (unpaired) electrons. The molecule has 4 aromatic carbocycles. The predicted octanol–water partition coefficient (Wildman–Crippen LogP) is 6.00. The maximum Gasteiger partial charge on any atom is 0.336 e. The van der Waals surface area contributed by atoms with Crippen LogP contribution in [-0.4, -0.2) is 36.0 Å². The lowest BCUT2D eigenvalue weighted by molar-refractivity contribution is -0.384. The second-order valence-electron chi connectivity index (χ2n) is 8.75. The van der Waals surface area contributed by atoms with Gasteiger partial charge in [0.15, 0.2) is 0 Å². The maximum absolute atomic E-state index is 12.7. The third-order valence-corrected chi connectivity index (χ3v) is 6.25. The highest BCUT2D eigenvalue weighted by atomic mass is 79.9. The Labute approximate surface area is 254 Å². The van der Waals surface area contributed by atoms with Gasteiger partial charge in [-0.2, -0.15) is 5.10 Å². The van der Waals surface area contributed by atoms with Crippen molar-refractivity contribution in [3.05, 3.63) is 134 Å². The monoisotopic (exact) mass is 642 g/mol. The molecular formula is C31H23BrN4O7. The lowest BCUT2D eigenvalue weighted by Gasteiger charge is -2.08. The van der Waals surface area contributed by atoms with Crippen molar-refractivity contribution < 1.29 is 28.8 Å². The molecule has 12 heteroatoms. The molecule has 2 amide bonds. The summed E-state index contributed by atoms with van der Waals surface area (Å²) in [5.41, 5.74) is 4.19. The molecule has 0 aliphatic rings. The van der Waals surface area contributed by atoms with Crippen LogP contribution in [0.4, 0.5) is 11.4 Å². The number of nitrogens with one attached hydrogen (secondary N) is 2. The first kappa shape index (κ1) is 30.3. The van der Waals surface area contributed by atoms with Crippen molar-refractivity contribution in [2.24, 2.45) is 5.10 Å². The number of hydrogen-bond donors (Lipinski definition) is 2. The van der Waals surface area contributed by atoms with Crippen molar-refractivity contribution in [1.82, 2.24) is 5.43 Å². The highest BCUT2D eigenvalue weighted by Gasteiger charge is 2.11. The second kappa shape index (κ2) is 14.3. The first-order valence-corrected chi connectivity index (χ1v) is 13.3. The quantitative estimate of drug-likeness (QED) is 0.0538. The number of methoxy groups -OCH3 is 1. The van der Waals surface area contributed by atoms with Gasteiger partial charge in [0.1, 0.15) is 11.5 Å². The molecule has 2 N–H and O–H groups in total. The number of rotatable bonds is 10. The molecule has 0 spiro atoms. The molecule has 0 aliphatic heterocycles. The molecule has 0 heterocycles. The molecule has 0 saturated carbocycles. The van der Waals surface area contributed by atoms with Crippen LogP contribution in [-0.2, 0) is 4.79 Å². The van der Waals surface area contributed by atoms with Crippen LogP contribution in [0.15, 0.2) is 107 Å². The second-order valence-corrected chi connectivity index (χ2v) is 9.67. The molecule has 0 bridgehead atoms. The van der Waals surface area contributed by atoms with Crippen molar-refractivity contribution in [2.75, 3.05) is 12.4 Å². The van der Waals surface area contributed by atoms with Crippen LogP contribution in [0.1, 0.15) is 31.8 Å². The molecule has 216 valence electrons. The van der Waals surface area contributed by atoms with E-state index in [9.17, 15) is 24.5 Å². The van der Waals surface area contributed by atoms with E-state index in [0.29, 0.717) is 32.6 Å². The molecule has 0 unspecified atom stereocenters. The van der Waals surface area contributed by atoms with Crippen LogP contribution in [0.5, 0.6) is 11.5 Å². The van der Waals surface area contributed by atoms with Gasteiger partial charge in [-0.3, -0.25) is 19.7 Å². The Hall–Kier alpha value is -5.62. The minimum Gasteiger partial charge on any atom is -0.497 e. The lowest BCUT2D eigenvalue weighted by atomic mass is 10.1. The number of nitrogens with zero attached hydrogens (tertiary/aromatic N) is 2. The van der Waals surface area contributed by atoms with Crippen molar-refractivity contribution in [1.29, 1.82) is 0 Å². The fourth-order valence-electron chi connectivity index (χ4n) is 3.69. The molecule has 43 heavy (non-hydrogen) atoms. The van der Waals surface area contributed by atoms with Crippen LogP contribution in [0.3, 0.4) is 0 Å². The predicted molar refractivity (Wildman–Crippen MR) is 164 cm³/mol. The fraction of sp³-hybridized carbons (Fsp3) is 0.0323. The van der Waals surface area contributed by atoms with E-state index in [1.54, 1.807) is 66.7 Å². The highest BCUT2D eigenvalue weighted by Crippen LogP contribution is 2.23. The summed E-state index contributed by atoms with van der Waals surface area (Å²) in [4.78, 5) is 48.2. The molecule has 4 aromatic rings. The third-order valence-electron chi connectivity index (χ3n) is 5.76. The minimum absolute atomic E-state index is 0.103. The van der Waals surface area contributed by atoms with Gasteiger partial charge >= 0.3 is 5.97 Å². The van der Waals surface area contributed by atoms with Crippen molar-refractivity contribution in [2.45, 2.75) is 0 Å². The summed E-state index contributed by atoms with van der Waals surface area (Å²) in [6.45, 7) is 0. The first-order chi connectivity index (χ1) is 20.7. The summed E-state index contributed by atoms with van der Waals surface area (Å²) < 4.78 is 11.2. The number of carbonyl (C=O) groups is 3. The van der Waals surface area contributed by atoms with Gasteiger partial charge in [-0.05, 0) is 66.2 Å². The van der Waals surface area contributed by atoms with Gasteiger partial charge in [0, 0.05) is 45.1 Å². The third kappa shape index (κ3) is 8.68. The average molecular weight is 643 g/mol. The molecule has 11 nitrogen and oxygen atoms in total. The number of hydrazone groups is 1. The zero-order valence-corrected chi connectivity index (χ0v) is 24.1. The molecule has 4 rings (SSSR count). The van der Waals surface area contributed by atoms with Crippen LogP contribution in [0.2, 0.25) is 0 Å². The number of nitro benzene ring substituents is 1. The van der Waals surface area contributed by atoms with Crippen LogP contribution < -0.4 is 20.2 Å². The van der Waals surface area contributed by atoms with Gasteiger partial charge in [0.2, 0.25) is 0 Å². The zero-order valence-electron chi connectivity index (χ0n) is 22.5. The first-order valence-electron chi connectivity index (χ1n) is 12.5. The van der Waals surface area contributed by atoms with E-state index >= 15 is 0 Å². The standard InChI is InChI=1S/C31H23BrN4O7/c1-42-27-10-4-7-22(18-27)30(38)34-25-8-3-6-21(17-25)31(39)35-33-19-23-16-24(32)12-13-28(23)43-29(37)14-11-20-5-2-9-26(15-20)36(40)41/h2-19H,1H3,(H,34,38)(H,35,39)/b14-11+,33-19?. The summed E-state index contributed by atoms with van der Waals surface area (Å²) in [6, 6.07) is 23.6. The highest BCUT2D eigenvalue weighted by molar-refractivity contribution is 9.10. The average Bonchev–Trinajstić information content (AvgIpc) is 3.01. The fourth-order valence-corrected chi connectivity index (χ4v) is 4.07. The Morgan fingerprint density at radius 3 is 2.42 bits per heavy atom. The van der Waals surface area contributed by atoms with E-state index in [1.807, 2.05) is 0 Å². The number of halogens is 1. The number of benzene rings is 4.